The molecule has 0 heterocycles. The van der Waals surface area contributed by atoms with Crippen molar-refractivity contribution in [1.29, 1.82) is 0 Å². The molecule has 4 aliphatic carbocycles. The van der Waals surface area contributed by atoms with Crippen LogP contribution in [0.15, 0.2) is 23.8 Å². The molecule has 0 aromatic rings. The van der Waals surface area contributed by atoms with Gasteiger partial charge >= 0.3 is 57.4 Å². The number of fused-ring (bicyclic) bond motifs is 5. The van der Waals surface area contributed by atoms with Crippen LogP contribution in [-0.2, 0) is 29.2 Å². The average Bonchev–Trinajstić information content (AvgIpc) is 3.01. The summed E-state index contributed by atoms with van der Waals surface area (Å²) < 4.78 is 50.8. The maximum atomic E-state index is 15.4. The number of Topliss-reactive ketones (excluding diaryl/α,β-unsaturated/α-hetero) is 1. The van der Waals surface area contributed by atoms with E-state index in [4.69, 9.17) is 9.29 Å². The van der Waals surface area contributed by atoms with Crippen LogP contribution < -0.4 is 51.4 Å². The van der Waals surface area contributed by atoms with Crippen LogP contribution >= 0.6 is 0 Å². The molecule has 0 aromatic heterocycles. The molecule has 0 aliphatic heterocycles. The Bertz CT molecular complexity index is 1110. The predicted octanol–water partition coefficient (Wildman–Crippen LogP) is -0.418. The van der Waals surface area contributed by atoms with Gasteiger partial charge in [0.1, 0.15) is 12.8 Å². The van der Waals surface area contributed by atoms with E-state index in [1.54, 1.807) is 6.08 Å². The van der Waals surface area contributed by atoms with Gasteiger partial charge in [-0.05, 0) is 60.2 Å². The Morgan fingerprint density at radius 2 is 1.94 bits per heavy atom. The van der Waals surface area contributed by atoms with Crippen molar-refractivity contribution < 1.29 is 94.4 Å². The molecule has 0 saturated heterocycles. The average molecular weight is 553 g/mol. The summed E-state index contributed by atoms with van der Waals surface area (Å²) >= 11 is 0. The van der Waals surface area contributed by atoms with Gasteiger partial charge in [0.25, 0.3) is 10.1 Å². The summed E-state index contributed by atoms with van der Waals surface area (Å²) in [6, 6.07) is 0. The molecule has 4 aliphatic rings. The number of ether oxygens (including phenoxy) is 1. The third-order valence-corrected chi connectivity index (χ3v) is 9.82. The van der Waals surface area contributed by atoms with Gasteiger partial charge in [-0.2, -0.15) is 8.42 Å². The van der Waals surface area contributed by atoms with E-state index in [-0.39, 0.29) is 94.5 Å². The second-order valence-corrected chi connectivity index (χ2v) is 12.8. The number of aliphatic hydroxyl groups excluding tert-OH is 1. The minimum Gasteiger partial charge on any atom is -1.00 e. The molecule has 0 amide bonds. The second-order valence-electron chi connectivity index (χ2n) is 11.2. The molecule has 196 valence electrons. The number of carbonyl (C=O) groups excluding carboxylic acids is 3. The van der Waals surface area contributed by atoms with Gasteiger partial charge in [-0.3, -0.25) is 18.9 Å². The molecule has 0 aromatic carbocycles. The summed E-state index contributed by atoms with van der Waals surface area (Å²) in [6.07, 6.45) is 3.05. The van der Waals surface area contributed by atoms with Crippen molar-refractivity contribution >= 4 is 27.7 Å². The summed E-state index contributed by atoms with van der Waals surface area (Å²) in [4.78, 5) is 37.0. The number of hydrogen-bond donors (Lipinski definition) is 2. The number of hydrogen-bond acceptors (Lipinski definition) is 7. The molecule has 4 rings (SSSR count). The number of ketones is 2. The first-order chi connectivity index (χ1) is 16.2. The summed E-state index contributed by atoms with van der Waals surface area (Å²) in [5.41, 5.74) is -0.974. The van der Waals surface area contributed by atoms with Gasteiger partial charge in [-0.25, -0.2) is 4.39 Å². The zero-order valence-corrected chi connectivity index (χ0v) is 25.1. The largest absolute Gasteiger partial charge is 1.00 e. The molecule has 9 atom stereocenters. The van der Waals surface area contributed by atoms with E-state index in [1.165, 1.54) is 12.2 Å². The number of allylic oxidation sites excluding steroid dienone is 4. The van der Waals surface area contributed by atoms with E-state index < -0.39 is 63.9 Å². The molecule has 3 fully saturated rings. The number of alkyl halides is 1. The number of carbonyl (C=O) groups is 3. The van der Waals surface area contributed by atoms with Crippen molar-refractivity contribution in [2.24, 2.45) is 40.4 Å². The maximum Gasteiger partial charge on any atom is 1.00 e. The predicted molar refractivity (Wildman–Crippen MR) is 124 cm³/mol. The number of aliphatic hydroxyl groups is 1. The van der Waals surface area contributed by atoms with Crippen LogP contribution in [0.2, 0.25) is 0 Å². The smallest absolute Gasteiger partial charge is 1.00 e. The van der Waals surface area contributed by atoms with E-state index >= 15 is 4.39 Å². The van der Waals surface area contributed by atoms with Gasteiger partial charge in [-0.15, -0.1) is 0 Å². The second kappa shape index (κ2) is 10.7. The Kier molecular flexibility index (Phi) is 9.01. The third-order valence-electron chi connectivity index (χ3n) is 9.10. The van der Waals surface area contributed by atoms with Gasteiger partial charge in [0.05, 0.1) is 18.3 Å². The SMILES string of the molecule is C[C@@H]1C[C@H]2[C@@H]3C[C@H](F)C4=CC(=O)C=C[C@]4(C)[C@H]3[C@@H](O)C[C@]2(C)[C@H]1C(=O)COC(=O)CCS(=O)(=O)O.[H-].[K+]. The number of halogens is 1. The Hall–Kier alpha value is -0.274. The zero-order chi connectivity index (χ0) is 25.9. The van der Waals surface area contributed by atoms with E-state index in [2.05, 4.69) is 0 Å². The summed E-state index contributed by atoms with van der Waals surface area (Å²) in [5.74, 6) is -3.32. The van der Waals surface area contributed by atoms with Crippen LogP contribution in [-0.4, -0.2) is 60.2 Å². The molecule has 0 spiro atoms. The van der Waals surface area contributed by atoms with Crippen molar-refractivity contribution in [3.05, 3.63) is 23.8 Å². The fourth-order valence-corrected chi connectivity index (χ4v) is 8.34. The van der Waals surface area contributed by atoms with Gasteiger partial charge in [-0.1, -0.05) is 26.8 Å². The van der Waals surface area contributed by atoms with Crippen LogP contribution in [0.1, 0.15) is 47.9 Å². The molecule has 3 saturated carbocycles. The molecule has 8 nitrogen and oxygen atoms in total. The first kappa shape index (κ1) is 30.3. The monoisotopic (exact) mass is 552 g/mol. The Balaban J connectivity index is 0.00000241. The summed E-state index contributed by atoms with van der Waals surface area (Å²) in [5, 5.41) is 11.4. The Labute approximate surface area is 255 Å². The maximum absolute atomic E-state index is 15.4. The fraction of sp³-hybridized carbons (Fsp3) is 0.720. The Morgan fingerprint density at radius 1 is 1.28 bits per heavy atom. The van der Waals surface area contributed by atoms with Gasteiger partial charge in [0, 0.05) is 17.3 Å². The van der Waals surface area contributed by atoms with E-state index in [9.17, 15) is 27.9 Å². The van der Waals surface area contributed by atoms with Crippen molar-refractivity contribution in [2.45, 2.75) is 58.7 Å². The van der Waals surface area contributed by atoms with Crippen molar-refractivity contribution in [2.75, 3.05) is 12.4 Å². The molecular formula is C25H34FKO8S. The van der Waals surface area contributed by atoms with Crippen LogP contribution in [0, 0.1) is 40.4 Å². The Morgan fingerprint density at radius 3 is 2.58 bits per heavy atom. The van der Waals surface area contributed by atoms with Crippen LogP contribution in [0.4, 0.5) is 4.39 Å². The van der Waals surface area contributed by atoms with Crippen molar-refractivity contribution in [3.8, 4) is 0 Å². The minimum absolute atomic E-state index is 0. The molecule has 11 heteroatoms. The molecule has 0 bridgehead atoms. The topological polar surface area (TPSA) is 135 Å². The zero-order valence-electron chi connectivity index (χ0n) is 22.1. The normalized spacial score (nSPS) is 41.3. The summed E-state index contributed by atoms with van der Waals surface area (Å²) in [6.45, 7) is 5.25. The molecule has 0 radical (unpaired) electrons. The van der Waals surface area contributed by atoms with Crippen molar-refractivity contribution in [1.82, 2.24) is 0 Å². The van der Waals surface area contributed by atoms with Gasteiger partial charge in [0.2, 0.25) is 0 Å². The fourth-order valence-electron chi connectivity index (χ4n) is 7.91. The first-order valence-corrected chi connectivity index (χ1v) is 13.7. The first-order valence-electron chi connectivity index (χ1n) is 12.1. The molecule has 36 heavy (non-hydrogen) atoms. The van der Waals surface area contributed by atoms with E-state index in [1.807, 2.05) is 20.8 Å². The van der Waals surface area contributed by atoms with Crippen LogP contribution in [0.5, 0.6) is 0 Å². The number of rotatable bonds is 6. The minimum atomic E-state index is -4.32. The van der Waals surface area contributed by atoms with Crippen LogP contribution in [0.3, 0.4) is 0 Å². The standard InChI is InChI=1S/C25H33FO8S.K.H/c1-13-8-16-15-10-18(26)17-9-14(27)4-6-24(17,2)23(15)19(28)11-25(16,3)22(13)20(29)12-34-21(30)5-7-35(31,32)33;;/h4,6,9,13,15-16,18-19,22-23,28H,5,7-8,10-12H2,1-3H3,(H,31,32,33);;/q;+1;-1/t13-,15+,16+,18+,19+,22-,23-,24+,25+;;/m1../s1. The molecule has 0 unspecified atom stereocenters. The third kappa shape index (κ3) is 5.41. The van der Waals surface area contributed by atoms with Crippen molar-refractivity contribution in [3.63, 3.8) is 0 Å². The quantitative estimate of drug-likeness (QED) is 0.258. The van der Waals surface area contributed by atoms with E-state index in [0.717, 1.165) is 0 Å². The van der Waals surface area contributed by atoms with Crippen LogP contribution in [0.25, 0.3) is 0 Å². The number of esters is 1. The molecular weight excluding hydrogens is 518 g/mol. The molecule has 2 N–H and O–H groups in total. The van der Waals surface area contributed by atoms with E-state index in [0.29, 0.717) is 18.4 Å². The summed E-state index contributed by atoms with van der Waals surface area (Å²) in [7, 11) is -4.32. The van der Waals surface area contributed by atoms with Gasteiger partial charge < -0.3 is 11.3 Å². The van der Waals surface area contributed by atoms with Gasteiger partial charge in [0.15, 0.2) is 11.6 Å².